The van der Waals surface area contributed by atoms with Crippen LogP contribution in [0, 0.1) is 19.9 Å². The third-order valence-corrected chi connectivity index (χ3v) is 6.98. The number of benzene rings is 3. The highest BCUT2D eigenvalue weighted by atomic mass is 127. The zero-order chi connectivity index (χ0) is 19.9. The van der Waals surface area contributed by atoms with Crippen LogP contribution in [0.5, 0.6) is 5.75 Å². The van der Waals surface area contributed by atoms with Crippen LogP contribution in [0.15, 0.2) is 77.7 Å². The molecule has 0 bridgehead atoms. The zero-order valence-electron chi connectivity index (χ0n) is 14.7. The van der Waals surface area contributed by atoms with E-state index in [9.17, 15) is 17.4 Å². The Morgan fingerprint density at radius 2 is 1.59 bits per heavy atom. The van der Waals surface area contributed by atoms with Gasteiger partial charge in [0.25, 0.3) is 0 Å². The predicted octanol–water partition coefficient (Wildman–Crippen LogP) is 0.862. The van der Waals surface area contributed by atoms with Gasteiger partial charge in [-0.1, -0.05) is 35.9 Å². The summed E-state index contributed by atoms with van der Waals surface area (Å²) in [5.41, 5.74) is 0.928. The normalized spacial score (nSPS) is 10.7. The molecule has 0 saturated heterocycles. The summed E-state index contributed by atoms with van der Waals surface area (Å²) in [6.45, 7) is 1.82. The van der Waals surface area contributed by atoms with Crippen LogP contribution in [-0.2, 0) is 10.1 Å². The maximum atomic E-state index is 13.1. The van der Waals surface area contributed by atoms with Crippen LogP contribution in [-0.4, -0.2) is 20.1 Å². The predicted molar refractivity (Wildman–Crippen MR) is 95.9 cm³/mol. The number of halogens is 2. The fourth-order valence-corrected chi connectivity index (χ4v) is 5.05. The van der Waals surface area contributed by atoms with Gasteiger partial charge < -0.3 is 9.29 Å². The summed E-state index contributed by atoms with van der Waals surface area (Å²) in [5, 5.41) is 0. The summed E-state index contributed by atoms with van der Waals surface area (Å²) in [6, 6.07) is 20.6. The van der Waals surface area contributed by atoms with Gasteiger partial charge in [0.05, 0.1) is 12.0 Å². The van der Waals surface area contributed by atoms with Crippen LogP contribution in [0.4, 0.5) is 4.39 Å². The summed E-state index contributed by atoms with van der Waals surface area (Å²) in [6.07, 6.45) is 0. The quantitative estimate of drug-likeness (QED) is 0.394. The smallest absolute Gasteiger partial charge is 0.362 e. The average molecular weight is 500 g/mol. The maximum absolute atomic E-state index is 13.1. The molecule has 3 aromatic carbocycles. The monoisotopic (exact) mass is 500 g/mol. The van der Waals surface area contributed by atoms with E-state index in [1.54, 1.807) is 31.4 Å². The van der Waals surface area contributed by atoms with Crippen LogP contribution < -0.4 is 25.9 Å². The van der Waals surface area contributed by atoms with Gasteiger partial charge in [0.2, 0.25) is 3.57 Å². The Morgan fingerprint density at radius 3 is 2.15 bits per heavy atom. The molecule has 0 aliphatic carbocycles. The second kappa shape index (κ2) is 9.82. The van der Waals surface area contributed by atoms with Gasteiger partial charge in [0.15, 0.2) is 9.32 Å². The summed E-state index contributed by atoms with van der Waals surface area (Å²) in [4.78, 5) is -0.178. The summed E-state index contributed by atoms with van der Waals surface area (Å²) < 4.78 is 51.8. The number of hydrogen-bond donors (Lipinski definition) is 0. The van der Waals surface area contributed by atoms with Crippen LogP contribution in [0.1, 0.15) is 5.56 Å². The lowest BCUT2D eigenvalue weighted by Gasteiger charge is -2.05. The lowest BCUT2D eigenvalue weighted by atomic mass is 10.2. The number of hydrogen-bond acceptors (Lipinski definition) is 4. The van der Waals surface area contributed by atoms with Crippen molar-refractivity contribution < 1.29 is 43.3 Å². The van der Waals surface area contributed by atoms with Crippen molar-refractivity contribution in [1.82, 2.24) is 0 Å². The molecule has 0 saturated carbocycles. The van der Waals surface area contributed by atoms with E-state index in [-0.39, 0.29) is 31.9 Å². The first-order valence-corrected chi connectivity index (χ1v) is 11.4. The van der Waals surface area contributed by atoms with Gasteiger partial charge in [0, 0.05) is 6.07 Å². The van der Waals surface area contributed by atoms with Gasteiger partial charge in [0.1, 0.15) is 15.9 Å². The van der Waals surface area contributed by atoms with Crippen molar-refractivity contribution in [2.24, 2.45) is 0 Å². The van der Waals surface area contributed by atoms with Gasteiger partial charge in [-0.05, 0) is 43.3 Å². The first kappa shape index (κ1) is 21.3. The van der Waals surface area contributed by atoms with Crippen LogP contribution in [0.3, 0.4) is 0 Å². The van der Waals surface area contributed by atoms with Gasteiger partial charge in [-0.2, -0.15) is 0 Å². The molecule has 0 heterocycles. The average Bonchev–Trinajstić information content (AvgIpc) is 2.63. The van der Waals surface area contributed by atoms with Crippen LogP contribution in [0.2, 0.25) is 0 Å². The molecule has 0 amide bonds. The number of aryl methyl sites for hydroxylation is 1. The molecular formula is C20H18FIO4S. The zero-order valence-corrected chi connectivity index (χ0v) is 17.7. The van der Waals surface area contributed by atoms with Crippen molar-refractivity contribution >= 4 is 10.1 Å². The molecule has 0 radical (unpaired) electrons. The van der Waals surface area contributed by atoms with Crippen molar-refractivity contribution in [3.05, 3.63) is 91.3 Å². The molecule has 142 valence electrons. The van der Waals surface area contributed by atoms with Gasteiger partial charge in [-0.15, -0.1) is 0 Å². The Bertz CT molecular complexity index is 975. The van der Waals surface area contributed by atoms with E-state index in [0.717, 1.165) is 14.9 Å². The third kappa shape index (κ3) is 6.93. The Kier molecular flexibility index (Phi) is 7.76. The van der Waals surface area contributed by atoms with E-state index in [1.165, 1.54) is 21.8 Å². The molecule has 0 N–H and O–H groups in total. The number of rotatable bonds is 4. The lowest BCUT2D eigenvalue weighted by molar-refractivity contribution is -0.598. The largest absolute Gasteiger partial charge is 0.744 e. The molecule has 0 aliphatic heterocycles. The molecule has 3 aromatic rings. The van der Waals surface area contributed by atoms with E-state index in [2.05, 4.69) is 12.1 Å². The molecular weight excluding hydrogens is 482 g/mol. The van der Waals surface area contributed by atoms with Crippen molar-refractivity contribution in [3.63, 3.8) is 0 Å². The highest BCUT2D eigenvalue weighted by Gasteiger charge is 2.21. The van der Waals surface area contributed by atoms with E-state index in [0.29, 0.717) is 0 Å². The second-order valence-corrected chi connectivity index (χ2v) is 9.76. The molecule has 0 aliphatic rings. The third-order valence-electron chi connectivity index (χ3n) is 3.37. The van der Waals surface area contributed by atoms with Crippen LogP contribution >= 0.6 is 0 Å². The van der Waals surface area contributed by atoms with Gasteiger partial charge in [-0.25, -0.2) is 12.8 Å². The summed E-state index contributed by atoms with van der Waals surface area (Å²) in [5.74, 6) is 0.574. The Hall–Kier alpha value is -1.97. The van der Waals surface area contributed by atoms with Crippen molar-refractivity contribution in [1.29, 1.82) is 0 Å². The minimum atomic E-state index is -4.27. The molecule has 0 atom stereocenters. The van der Waals surface area contributed by atoms with E-state index in [4.69, 9.17) is 4.74 Å². The summed E-state index contributed by atoms with van der Waals surface area (Å²) in [7, 11) is -2.65. The Balaban J connectivity index is 0.000000208. The Labute approximate surface area is 169 Å². The molecule has 7 heteroatoms. The molecule has 27 heavy (non-hydrogen) atoms. The highest BCUT2D eigenvalue weighted by molar-refractivity contribution is 7.85. The SMILES string of the molecule is COc1ccc(F)cc1[I+]c1ccccc1.Cc1ccc(S(=O)(=O)[O-])cc1. The Morgan fingerprint density at radius 1 is 0.963 bits per heavy atom. The lowest BCUT2D eigenvalue weighted by Crippen LogP contribution is -3.61. The highest BCUT2D eigenvalue weighted by Crippen LogP contribution is 2.10. The first-order valence-electron chi connectivity index (χ1n) is 7.85. The van der Waals surface area contributed by atoms with Gasteiger partial charge >= 0.3 is 21.2 Å². The minimum Gasteiger partial charge on any atom is -0.744 e. The molecule has 4 nitrogen and oxygen atoms in total. The van der Waals surface area contributed by atoms with Crippen molar-refractivity contribution in [3.8, 4) is 5.75 Å². The van der Waals surface area contributed by atoms with E-state index >= 15 is 0 Å². The van der Waals surface area contributed by atoms with Gasteiger partial charge in [-0.3, -0.25) is 0 Å². The first-order chi connectivity index (χ1) is 12.8. The standard InChI is InChI=1S/C13H11FIO.C7H8O3S/c1-16-13-8-7-10(14)9-12(13)15-11-5-3-2-4-6-11;1-6-2-4-7(5-3-6)11(8,9)10/h2-9H,1H3;2-5H,1H3,(H,8,9,10)/q+1;/p-1. The minimum absolute atomic E-state index is 0.178. The topological polar surface area (TPSA) is 66.4 Å². The maximum Gasteiger partial charge on any atom is 0.362 e. The number of ether oxygens (including phenoxy) is 1. The number of methoxy groups -OCH3 is 1. The fourth-order valence-electron chi connectivity index (χ4n) is 2.01. The second-order valence-electron chi connectivity index (χ2n) is 5.44. The van der Waals surface area contributed by atoms with Crippen molar-refractivity contribution in [2.75, 3.05) is 7.11 Å². The van der Waals surface area contributed by atoms with E-state index in [1.807, 2.05) is 25.1 Å². The fraction of sp³-hybridized carbons (Fsp3) is 0.100. The van der Waals surface area contributed by atoms with Crippen LogP contribution in [0.25, 0.3) is 0 Å². The molecule has 0 aromatic heterocycles. The molecule has 0 spiro atoms. The van der Waals surface area contributed by atoms with E-state index < -0.39 is 10.1 Å². The van der Waals surface area contributed by atoms with Crippen molar-refractivity contribution in [2.45, 2.75) is 11.8 Å². The molecule has 0 unspecified atom stereocenters. The summed E-state index contributed by atoms with van der Waals surface area (Å²) >= 11 is -0.381. The molecule has 3 rings (SSSR count). The molecule has 0 fully saturated rings.